The zero-order valence-electron chi connectivity index (χ0n) is 12.6. The van der Waals surface area contributed by atoms with Gasteiger partial charge in [-0.3, -0.25) is 14.5 Å². The fourth-order valence-corrected chi connectivity index (χ4v) is 2.32. The van der Waals surface area contributed by atoms with E-state index in [1.165, 1.54) is 0 Å². The van der Waals surface area contributed by atoms with Gasteiger partial charge in [-0.15, -0.1) is 12.4 Å². The summed E-state index contributed by atoms with van der Waals surface area (Å²) in [5.74, 6) is -0.505. The summed E-state index contributed by atoms with van der Waals surface area (Å²) in [5.41, 5.74) is 4.39. The van der Waals surface area contributed by atoms with E-state index in [9.17, 15) is 14.4 Å². The highest BCUT2D eigenvalue weighted by molar-refractivity contribution is 6.09. The van der Waals surface area contributed by atoms with Gasteiger partial charge in [-0.2, -0.15) is 0 Å². The lowest BCUT2D eigenvalue weighted by atomic mass is 9.96. The molecule has 0 aromatic heterocycles. The number of nitrogens with one attached hydrogen (secondary N) is 2. The molecule has 0 bridgehead atoms. The van der Waals surface area contributed by atoms with Crippen molar-refractivity contribution in [3.8, 4) is 0 Å². The molecular weight excluding hydrogens is 296 g/mol. The minimum absolute atomic E-state index is 0. The number of halogens is 1. The van der Waals surface area contributed by atoms with Crippen molar-refractivity contribution in [2.24, 2.45) is 11.7 Å². The van der Waals surface area contributed by atoms with Crippen LogP contribution in [0.3, 0.4) is 0 Å². The number of imide groups is 1. The van der Waals surface area contributed by atoms with Crippen molar-refractivity contribution < 1.29 is 14.4 Å². The first-order chi connectivity index (χ1) is 9.13. The van der Waals surface area contributed by atoms with Crippen LogP contribution in [0.1, 0.15) is 33.6 Å². The molecular formula is C13H23ClN4O3. The lowest BCUT2D eigenvalue weighted by molar-refractivity contribution is -0.135. The maximum Gasteiger partial charge on any atom is 0.325 e. The maximum atomic E-state index is 12.3. The van der Waals surface area contributed by atoms with E-state index in [4.69, 9.17) is 5.73 Å². The van der Waals surface area contributed by atoms with Gasteiger partial charge < -0.3 is 16.4 Å². The topological polar surface area (TPSA) is 105 Å². The van der Waals surface area contributed by atoms with Gasteiger partial charge in [-0.25, -0.2) is 4.79 Å². The molecule has 0 aromatic carbocycles. The molecule has 21 heavy (non-hydrogen) atoms. The van der Waals surface area contributed by atoms with E-state index in [1.807, 2.05) is 0 Å². The summed E-state index contributed by atoms with van der Waals surface area (Å²) in [4.78, 5) is 36.9. The van der Waals surface area contributed by atoms with E-state index in [-0.39, 0.29) is 43.2 Å². The quantitative estimate of drug-likeness (QED) is 0.620. The lowest BCUT2D eigenvalue weighted by Gasteiger charge is -2.22. The lowest BCUT2D eigenvalue weighted by Crippen LogP contribution is -2.49. The molecule has 0 spiro atoms. The fraction of sp³-hybridized carbons (Fsp3) is 0.769. The summed E-state index contributed by atoms with van der Waals surface area (Å²) in [7, 11) is 0. The van der Waals surface area contributed by atoms with E-state index < -0.39 is 17.1 Å². The number of carbonyl (C=O) groups is 3. The third-order valence-electron chi connectivity index (χ3n) is 3.74. The van der Waals surface area contributed by atoms with Crippen LogP contribution in [-0.4, -0.2) is 46.9 Å². The van der Waals surface area contributed by atoms with E-state index in [0.717, 1.165) is 17.7 Å². The van der Waals surface area contributed by atoms with Gasteiger partial charge >= 0.3 is 6.03 Å². The number of hydrogen-bond donors (Lipinski definition) is 3. The summed E-state index contributed by atoms with van der Waals surface area (Å²) in [6.07, 6.45) is 1.87. The second kappa shape index (κ2) is 5.81. The highest BCUT2D eigenvalue weighted by Crippen LogP contribution is 2.42. The number of nitrogens with two attached hydrogens (primary N) is 1. The Bertz CT molecular complexity index is 459. The standard InChI is InChI=1S/C13H22N4O3.ClH/c1-12(2,14)7-15-9(18)6-17-10(19)13(3,8-4-5-8)16-11(17)20;/h8H,4-7,14H2,1-3H3,(H,15,18)(H,16,20);1H. The summed E-state index contributed by atoms with van der Waals surface area (Å²) in [5, 5.41) is 5.33. The first kappa shape index (κ1) is 17.7. The Labute approximate surface area is 130 Å². The molecule has 1 atom stereocenters. The zero-order valence-corrected chi connectivity index (χ0v) is 13.4. The molecule has 2 rings (SSSR count). The van der Waals surface area contributed by atoms with Crippen molar-refractivity contribution in [3.63, 3.8) is 0 Å². The monoisotopic (exact) mass is 318 g/mol. The highest BCUT2D eigenvalue weighted by atomic mass is 35.5. The van der Waals surface area contributed by atoms with E-state index >= 15 is 0 Å². The number of urea groups is 1. The third-order valence-corrected chi connectivity index (χ3v) is 3.74. The average molecular weight is 319 g/mol. The van der Waals surface area contributed by atoms with Crippen molar-refractivity contribution in [1.29, 1.82) is 0 Å². The first-order valence-corrected chi connectivity index (χ1v) is 6.83. The van der Waals surface area contributed by atoms with Crippen LogP contribution in [0, 0.1) is 5.92 Å². The predicted molar refractivity (Wildman–Crippen MR) is 79.9 cm³/mol. The third kappa shape index (κ3) is 3.85. The normalized spacial score (nSPS) is 25.4. The molecule has 1 aliphatic heterocycles. The Morgan fingerprint density at radius 2 is 2.05 bits per heavy atom. The first-order valence-electron chi connectivity index (χ1n) is 6.83. The highest BCUT2D eigenvalue weighted by Gasteiger charge is 2.56. The SMILES string of the molecule is CC(C)(N)CNC(=O)CN1C(=O)NC(C)(C2CC2)C1=O.Cl. The molecule has 8 heteroatoms. The molecule has 120 valence electrons. The zero-order chi connectivity index (χ0) is 15.1. The molecule has 1 heterocycles. The average Bonchev–Trinajstić information content (AvgIpc) is 3.12. The van der Waals surface area contributed by atoms with Crippen molar-refractivity contribution in [2.45, 2.75) is 44.7 Å². The van der Waals surface area contributed by atoms with E-state index in [2.05, 4.69) is 10.6 Å². The summed E-state index contributed by atoms with van der Waals surface area (Å²) in [6.45, 7) is 5.32. The smallest absolute Gasteiger partial charge is 0.325 e. The van der Waals surface area contributed by atoms with Crippen molar-refractivity contribution in [3.05, 3.63) is 0 Å². The van der Waals surface area contributed by atoms with Crippen LogP contribution in [0.2, 0.25) is 0 Å². The minimum atomic E-state index is -0.843. The van der Waals surface area contributed by atoms with Crippen LogP contribution in [0.5, 0.6) is 0 Å². The molecule has 1 saturated heterocycles. The van der Waals surface area contributed by atoms with Gasteiger partial charge in [0.2, 0.25) is 5.91 Å². The van der Waals surface area contributed by atoms with Crippen molar-refractivity contribution >= 4 is 30.3 Å². The van der Waals surface area contributed by atoms with Gasteiger partial charge in [0.1, 0.15) is 12.1 Å². The van der Waals surface area contributed by atoms with Crippen molar-refractivity contribution in [2.75, 3.05) is 13.1 Å². The number of hydrogen-bond acceptors (Lipinski definition) is 4. The van der Waals surface area contributed by atoms with Gasteiger partial charge in [0.05, 0.1) is 0 Å². The molecule has 1 saturated carbocycles. The van der Waals surface area contributed by atoms with Crippen LogP contribution >= 0.6 is 12.4 Å². The molecule has 1 aliphatic carbocycles. The molecule has 0 radical (unpaired) electrons. The van der Waals surface area contributed by atoms with Crippen molar-refractivity contribution in [1.82, 2.24) is 15.5 Å². The van der Waals surface area contributed by atoms with Gasteiger partial charge in [0, 0.05) is 12.1 Å². The minimum Gasteiger partial charge on any atom is -0.353 e. The predicted octanol–water partition coefficient (Wildman–Crippen LogP) is -0.0178. The second-order valence-electron chi connectivity index (χ2n) is 6.56. The van der Waals surface area contributed by atoms with Crippen LogP contribution in [0.4, 0.5) is 4.79 Å². The van der Waals surface area contributed by atoms with Gasteiger partial charge in [-0.05, 0) is 39.5 Å². The molecule has 4 amide bonds. The molecule has 2 aliphatic rings. The maximum absolute atomic E-state index is 12.3. The van der Waals surface area contributed by atoms with Gasteiger partial charge in [0.25, 0.3) is 5.91 Å². The fourth-order valence-electron chi connectivity index (χ4n) is 2.32. The number of rotatable bonds is 5. The van der Waals surface area contributed by atoms with E-state index in [0.29, 0.717) is 0 Å². The van der Waals surface area contributed by atoms with Crippen LogP contribution < -0.4 is 16.4 Å². The number of carbonyl (C=O) groups excluding carboxylic acids is 3. The second-order valence-corrected chi connectivity index (χ2v) is 6.56. The molecule has 1 unspecified atom stereocenters. The molecule has 4 N–H and O–H groups in total. The van der Waals surface area contributed by atoms with Gasteiger partial charge in [0.15, 0.2) is 0 Å². The van der Waals surface area contributed by atoms with Crippen LogP contribution in [-0.2, 0) is 9.59 Å². The molecule has 2 fully saturated rings. The number of nitrogens with zero attached hydrogens (tertiary/aromatic N) is 1. The Morgan fingerprint density at radius 1 is 1.48 bits per heavy atom. The Hall–Kier alpha value is -1.34. The van der Waals surface area contributed by atoms with Crippen LogP contribution in [0.15, 0.2) is 0 Å². The van der Waals surface area contributed by atoms with Gasteiger partial charge in [-0.1, -0.05) is 0 Å². The number of amides is 4. The Balaban J connectivity index is 0.00000220. The van der Waals surface area contributed by atoms with Crippen LogP contribution in [0.25, 0.3) is 0 Å². The summed E-state index contributed by atoms with van der Waals surface area (Å²) < 4.78 is 0. The summed E-state index contributed by atoms with van der Waals surface area (Å²) >= 11 is 0. The molecule has 0 aromatic rings. The largest absolute Gasteiger partial charge is 0.353 e. The van der Waals surface area contributed by atoms with E-state index in [1.54, 1.807) is 20.8 Å². The Morgan fingerprint density at radius 3 is 2.52 bits per heavy atom. The molecule has 7 nitrogen and oxygen atoms in total. The summed E-state index contributed by atoms with van der Waals surface area (Å²) in [6, 6.07) is -0.494. The Kier molecular flexibility index (Phi) is 4.90.